The molecule has 0 radical (unpaired) electrons. The van der Waals surface area contributed by atoms with E-state index < -0.39 is 6.04 Å². The summed E-state index contributed by atoms with van der Waals surface area (Å²) in [6.07, 6.45) is 4.90. The Labute approximate surface area is 236 Å². The topological polar surface area (TPSA) is 139 Å². The molecule has 1 atom stereocenters. The van der Waals surface area contributed by atoms with Gasteiger partial charge in [0.15, 0.2) is 23.0 Å². The predicted molar refractivity (Wildman–Crippen MR) is 148 cm³/mol. The van der Waals surface area contributed by atoms with Crippen molar-refractivity contribution in [3.05, 3.63) is 71.8 Å². The lowest BCUT2D eigenvalue weighted by Gasteiger charge is -2.33. The van der Waals surface area contributed by atoms with Crippen LogP contribution in [0.1, 0.15) is 49.3 Å². The third kappa shape index (κ3) is 5.60. The third-order valence-electron chi connectivity index (χ3n) is 7.64. The van der Waals surface area contributed by atoms with E-state index in [-0.39, 0.29) is 49.2 Å². The lowest BCUT2D eigenvalue weighted by atomic mass is 9.94. The summed E-state index contributed by atoms with van der Waals surface area (Å²) in [4.78, 5) is 29.6. The van der Waals surface area contributed by atoms with Crippen LogP contribution in [0.15, 0.2) is 60.7 Å². The number of amides is 2. The number of benzene rings is 3. The first-order chi connectivity index (χ1) is 20.0. The molecular formula is C30H31N5O6. The van der Waals surface area contributed by atoms with Crippen molar-refractivity contribution in [3.63, 3.8) is 0 Å². The van der Waals surface area contributed by atoms with Crippen molar-refractivity contribution in [2.45, 2.75) is 57.3 Å². The Morgan fingerprint density at radius 2 is 1.78 bits per heavy atom. The quantitative estimate of drug-likeness (QED) is 0.278. The summed E-state index contributed by atoms with van der Waals surface area (Å²) in [7, 11) is 0. The van der Waals surface area contributed by atoms with Crippen LogP contribution < -0.4 is 14.8 Å². The number of aromatic hydroxyl groups is 2. The summed E-state index contributed by atoms with van der Waals surface area (Å²) in [5, 5.41) is 31.8. The van der Waals surface area contributed by atoms with Crippen LogP contribution in [0.3, 0.4) is 0 Å². The molecule has 0 unspecified atom stereocenters. The zero-order valence-electron chi connectivity index (χ0n) is 22.4. The van der Waals surface area contributed by atoms with Crippen LogP contribution >= 0.6 is 0 Å². The van der Waals surface area contributed by atoms with Crippen molar-refractivity contribution in [1.29, 1.82) is 0 Å². The number of hydrogen-bond donors (Lipinski definition) is 3. The molecule has 3 N–H and O–H groups in total. The fourth-order valence-corrected chi connectivity index (χ4v) is 5.52. The number of phenols is 2. The smallest absolute Gasteiger partial charge is 0.247 e. The molecule has 0 saturated heterocycles. The number of fused-ring (bicyclic) bond motifs is 2. The maximum absolute atomic E-state index is 14.1. The van der Waals surface area contributed by atoms with Gasteiger partial charge in [-0.25, -0.2) is 4.68 Å². The Kier molecular flexibility index (Phi) is 7.32. The highest BCUT2D eigenvalue weighted by atomic mass is 16.7. The van der Waals surface area contributed by atoms with Gasteiger partial charge in [0.2, 0.25) is 18.6 Å². The maximum atomic E-state index is 14.1. The Balaban J connectivity index is 1.39. The van der Waals surface area contributed by atoms with Crippen LogP contribution in [-0.2, 0) is 22.7 Å². The second-order valence-corrected chi connectivity index (χ2v) is 10.4. The first-order valence-corrected chi connectivity index (χ1v) is 13.7. The van der Waals surface area contributed by atoms with E-state index in [0.29, 0.717) is 28.1 Å². The van der Waals surface area contributed by atoms with Crippen LogP contribution in [0.4, 0.5) is 0 Å². The SMILES string of the molecule is O=C(NC1CCCCC1)[C@@H](c1ccc(O)c(O)c1)N(Cc1ccc2c(c1)OCO2)C(=O)Cn1nnc2ccccc21. The van der Waals surface area contributed by atoms with E-state index in [1.165, 1.54) is 21.7 Å². The first-order valence-electron chi connectivity index (χ1n) is 13.7. The van der Waals surface area contributed by atoms with Crippen LogP contribution in [0.25, 0.3) is 11.0 Å². The number of ether oxygens (including phenoxy) is 2. The molecule has 11 heteroatoms. The minimum absolute atomic E-state index is 0.00813. The summed E-state index contributed by atoms with van der Waals surface area (Å²) in [6.45, 7) is 0.00877. The Bertz CT molecular complexity index is 1580. The summed E-state index contributed by atoms with van der Waals surface area (Å²) < 4.78 is 12.5. The fourth-order valence-electron chi connectivity index (χ4n) is 5.52. The van der Waals surface area contributed by atoms with E-state index in [1.54, 1.807) is 18.2 Å². The number of carbonyl (C=O) groups excluding carboxylic acids is 2. The fraction of sp³-hybridized carbons (Fsp3) is 0.333. The van der Waals surface area contributed by atoms with Crippen LogP contribution in [-0.4, -0.2) is 54.8 Å². The van der Waals surface area contributed by atoms with Gasteiger partial charge in [0.25, 0.3) is 0 Å². The van der Waals surface area contributed by atoms with E-state index in [4.69, 9.17) is 9.47 Å². The van der Waals surface area contributed by atoms with Gasteiger partial charge in [-0.2, -0.15) is 0 Å². The molecule has 1 fully saturated rings. The average Bonchev–Trinajstić information content (AvgIpc) is 3.62. The second-order valence-electron chi connectivity index (χ2n) is 10.4. The normalized spacial score (nSPS) is 15.5. The number of aromatic nitrogens is 3. The molecule has 0 bridgehead atoms. The molecule has 3 aromatic carbocycles. The second kappa shape index (κ2) is 11.4. The molecule has 41 heavy (non-hydrogen) atoms. The lowest BCUT2D eigenvalue weighted by molar-refractivity contribution is -0.142. The standard InChI is InChI=1S/C30H31N5O6/c36-24-12-11-20(15-25(24)37)29(30(39)31-21-6-2-1-3-7-21)34(16-19-10-13-26-27(14-19)41-18-40-26)28(38)17-35-23-9-5-4-8-22(23)32-33-35/h4-5,8-15,21,29,36-37H,1-3,6-7,16-18H2,(H,31,39)/t29-/m1/s1. The lowest BCUT2D eigenvalue weighted by Crippen LogP contribution is -2.47. The minimum atomic E-state index is -1.10. The highest BCUT2D eigenvalue weighted by Gasteiger charge is 2.34. The number of rotatable bonds is 8. The summed E-state index contributed by atoms with van der Waals surface area (Å²) >= 11 is 0. The van der Waals surface area contributed by atoms with E-state index in [1.807, 2.05) is 30.3 Å². The monoisotopic (exact) mass is 557 g/mol. The molecule has 11 nitrogen and oxygen atoms in total. The molecule has 1 aliphatic heterocycles. The Hall–Kier alpha value is -4.80. The third-order valence-corrected chi connectivity index (χ3v) is 7.64. The van der Waals surface area contributed by atoms with Gasteiger partial charge in [-0.05, 0) is 60.4 Å². The highest BCUT2D eigenvalue weighted by molar-refractivity contribution is 5.89. The average molecular weight is 558 g/mol. The molecule has 6 rings (SSSR count). The van der Waals surface area contributed by atoms with Crippen LogP contribution in [0.2, 0.25) is 0 Å². The first kappa shape index (κ1) is 26.4. The Morgan fingerprint density at radius 3 is 2.61 bits per heavy atom. The van der Waals surface area contributed by atoms with Gasteiger partial charge < -0.3 is 29.9 Å². The maximum Gasteiger partial charge on any atom is 0.247 e. The van der Waals surface area contributed by atoms with Crippen molar-refractivity contribution in [1.82, 2.24) is 25.2 Å². The number of carbonyl (C=O) groups is 2. The largest absolute Gasteiger partial charge is 0.504 e. The molecular weight excluding hydrogens is 526 g/mol. The summed E-state index contributed by atoms with van der Waals surface area (Å²) in [6, 6.07) is 15.8. The number of nitrogens with one attached hydrogen (secondary N) is 1. The van der Waals surface area contributed by atoms with Crippen molar-refractivity contribution in [2.75, 3.05) is 6.79 Å². The number of hydrogen-bond acceptors (Lipinski definition) is 8. The van der Waals surface area contributed by atoms with Gasteiger partial charge in [0.1, 0.15) is 18.1 Å². The zero-order chi connectivity index (χ0) is 28.3. The molecule has 4 aromatic rings. The molecule has 212 valence electrons. The van der Waals surface area contributed by atoms with Gasteiger partial charge in [0.05, 0.1) is 5.52 Å². The molecule has 2 aliphatic rings. The van der Waals surface area contributed by atoms with Crippen molar-refractivity contribution >= 4 is 22.8 Å². The van der Waals surface area contributed by atoms with E-state index in [2.05, 4.69) is 15.6 Å². The molecule has 0 spiro atoms. The van der Waals surface area contributed by atoms with Crippen molar-refractivity contribution < 1.29 is 29.3 Å². The van der Waals surface area contributed by atoms with E-state index >= 15 is 0 Å². The minimum Gasteiger partial charge on any atom is -0.504 e. The summed E-state index contributed by atoms with van der Waals surface area (Å²) in [5.74, 6) is -0.272. The summed E-state index contributed by atoms with van der Waals surface area (Å²) in [5.41, 5.74) is 2.43. The highest BCUT2D eigenvalue weighted by Crippen LogP contribution is 2.35. The van der Waals surface area contributed by atoms with Crippen LogP contribution in [0.5, 0.6) is 23.0 Å². The Morgan fingerprint density at radius 1 is 0.976 bits per heavy atom. The van der Waals surface area contributed by atoms with Gasteiger partial charge >= 0.3 is 0 Å². The molecule has 1 aromatic heterocycles. The number of nitrogens with zero attached hydrogens (tertiary/aromatic N) is 4. The zero-order valence-corrected chi connectivity index (χ0v) is 22.4. The molecule has 2 heterocycles. The number of phenolic OH excluding ortho intramolecular Hbond substituents is 2. The molecule has 2 amide bonds. The van der Waals surface area contributed by atoms with Gasteiger partial charge in [-0.1, -0.05) is 48.7 Å². The van der Waals surface area contributed by atoms with Gasteiger partial charge in [0, 0.05) is 12.6 Å². The predicted octanol–water partition coefficient (Wildman–Crippen LogP) is 3.79. The number of para-hydroxylation sites is 1. The van der Waals surface area contributed by atoms with E-state index in [0.717, 1.165) is 37.7 Å². The van der Waals surface area contributed by atoms with Gasteiger partial charge in [-0.15, -0.1) is 5.10 Å². The van der Waals surface area contributed by atoms with E-state index in [9.17, 15) is 19.8 Å². The van der Waals surface area contributed by atoms with Crippen LogP contribution in [0, 0.1) is 0 Å². The molecule has 1 aliphatic carbocycles. The van der Waals surface area contributed by atoms with Gasteiger partial charge in [-0.3, -0.25) is 9.59 Å². The van der Waals surface area contributed by atoms with Crippen molar-refractivity contribution in [3.8, 4) is 23.0 Å². The van der Waals surface area contributed by atoms with Crippen molar-refractivity contribution in [2.24, 2.45) is 0 Å². The molecule has 1 saturated carbocycles.